The van der Waals surface area contributed by atoms with Crippen molar-refractivity contribution in [3.63, 3.8) is 0 Å². The number of rotatable bonds is 4. The summed E-state index contributed by atoms with van der Waals surface area (Å²) in [6, 6.07) is 4.22. The summed E-state index contributed by atoms with van der Waals surface area (Å²) in [7, 11) is 1.94. The van der Waals surface area contributed by atoms with E-state index in [4.69, 9.17) is 0 Å². The predicted molar refractivity (Wildman–Crippen MR) is 67.2 cm³/mol. The van der Waals surface area contributed by atoms with Crippen molar-refractivity contribution >= 4 is 0 Å². The summed E-state index contributed by atoms with van der Waals surface area (Å²) >= 11 is 0. The summed E-state index contributed by atoms with van der Waals surface area (Å²) in [5.74, 6) is 1.61. The summed E-state index contributed by atoms with van der Waals surface area (Å²) < 4.78 is 26.5. The Labute approximate surface area is 107 Å². The van der Waals surface area contributed by atoms with Crippen LogP contribution >= 0.6 is 0 Å². The molecule has 2 aliphatic rings. The third kappa shape index (κ3) is 2.28. The van der Waals surface area contributed by atoms with Crippen molar-refractivity contribution in [2.45, 2.75) is 31.7 Å². The van der Waals surface area contributed by atoms with Gasteiger partial charge in [0.25, 0.3) is 0 Å². The molecule has 1 nitrogen and oxygen atoms in total. The van der Waals surface area contributed by atoms with Gasteiger partial charge in [0.1, 0.15) is 11.6 Å². The number of halogens is 2. The lowest BCUT2D eigenvalue weighted by Crippen LogP contribution is -2.35. The minimum atomic E-state index is -0.501. The molecule has 0 heterocycles. The first-order chi connectivity index (χ1) is 8.67. The molecular weight excluding hydrogens is 232 g/mol. The van der Waals surface area contributed by atoms with Crippen molar-refractivity contribution < 1.29 is 8.78 Å². The molecule has 3 heteroatoms. The molecule has 18 heavy (non-hydrogen) atoms. The van der Waals surface area contributed by atoms with Crippen LogP contribution in [-0.4, -0.2) is 13.1 Å². The van der Waals surface area contributed by atoms with Crippen LogP contribution in [0.5, 0.6) is 0 Å². The van der Waals surface area contributed by atoms with Crippen LogP contribution in [0.15, 0.2) is 18.2 Å². The molecule has 0 bridgehead atoms. The van der Waals surface area contributed by atoms with Gasteiger partial charge in [-0.1, -0.05) is 6.07 Å². The molecule has 2 saturated carbocycles. The zero-order valence-electron chi connectivity index (χ0n) is 10.6. The lowest BCUT2D eigenvalue weighted by atomic mass is 9.89. The molecule has 0 amide bonds. The number of nitrogens with one attached hydrogen (secondary N) is 1. The first kappa shape index (κ1) is 12.1. The van der Waals surface area contributed by atoms with Gasteiger partial charge >= 0.3 is 0 Å². The van der Waals surface area contributed by atoms with Crippen LogP contribution in [0.25, 0.3) is 0 Å². The first-order valence-corrected chi connectivity index (χ1v) is 6.78. The quantitative estimate of drug-likeness (QED) is 0.867. The largest absolute Gasteiger partial charge is 0.316 e. The average Bonchev–Trinajstić information content (AvgIpc) is 2.95. The second kappa shape index (κ2) is 4.61. The van der Waals surface area contributed by atoms with Crippen LogP contribution in [0.2, 0.25) is 0 Å². The fourth-order valence-electron chi connectivity index (χ4n) is 3.52. The Morgan fingerprint density at radius 1 is 1.22 bits per heavy atom. The SMILES string of the molecule is CNC(Cc1ccc(F)cc1F)C1CC2CC2C1. The molecule has 0 radical (unpaired) electrons. The normalized spacial score (nSPS) is 31.2. The van der Waals surface area contributed by atoms with E-state index in [-0.39, 0.29) is 0 Å². The van der Waals surface area contributed by atoms with E-state index in [1.54, 1.807) is 6.07 Å². The minimum absolute atomic E-state index is 0.317. The molecule has 3 atom stereocenters. The van der Waals surface area contributed by atoms with Gasteiger partial charge in [0.05, 0.1) is 0 Å². The molecule has 1 aromatic rings. The zero-order chi connectivity index (χ0) is 12.7. The Hall–Kier alpha value is -0.960. The third-order valence-electron chi connectivity index (χ3n) is 4.67. The zero-order valence-corrected chi connectivity index (χ0v) is 10.6. The maximum atomic E-state index is 13.7. The Morgan fingerprint density at radius 2 is 1.94 bits per heavy atom. The summed E-state index contributed by atoms with van der Waals surface area (Å²) in [5, 5.41) is 3.32. The maximum absolute atomic E-state index is 13.7. The van der Waals surface area contributed by atoms with Crippen LogP contribution < -0.4 is 5.32 Å². The minimum Gasteiger partial charge on any atom is -0.316 e. The third-order valence-corrected chi connectivity index (χ3v) is 4.67. The van der Waals surface area contributed by atoms with Gasteiger partial charge in [-0.25, -0.2) is 8.78 Å². The highest BCUT2D eigenvalue weighted by atomic mass is 19.1. The van der Waals surface area contributed by atoms with Gasteiger partial charge in [0.15, 0.2) is 0 Å². The molecular formula is C15H19F2N. The monoisotopic (exact) mass is 251 g/mol. The fraction of sp³-hybridized carbons (Fsp3) is 0.600. The number of fused-ring (bicyclic) bond motifs is 1. The predicted octanol–water partition coefficient (Wildman–Crippen LogP) is 3.14. The van der Waals surface area contributed by atoms with E-state index < -0.39 is 11.6 Å². The molecule has 0 aliphatic heterocycles. The van der Waals surface area contributed by atoms with Gasteiger partial charge in [-0.2, -0.15) is 0 Å². The van der Waals surface area contributed by atoms with Gasteiger partial charge in [0.2, 0.25) is 0 Å². The highest BCUT2D eigenvalue weighted by molar-refractivity contribution is 5.20. The standard InChI is InChI=1S/C15H19F2N/c1-18-15(12-5-10-4-11(10)6-12)7-9-2-3-13(16)8-14(9)17/h2-3,8,10-12,15,18H,4-7H2,1H3. The van der Waals surface area contributed by atoms with E-state index >= 15 is 0 Å². The lowest BCUT2D eigenvalue weighted by molar-refractivity contribution is 0.346. The second-order valence-electron chi connectivity index (χ2n) is 5.82. The topological polar surface area (TPSA) is 12.0 Å². The number of hydrogen-bond acceptors (Lipinski definition) is 1. The first-order valence-electron chi connectivity index (χ1n) is 6.78. The van der Waals surface area contributed by atoms with Crippen molar-refractivity contribution in [1.82, 2.24) is 5.32 Å². The number of likely N-dealkylation sites (N-methyl/N-ethyl adjacent to an activating group) is 1. The van der Waals surface area contributed by atoms with Crippen LogP contribution in [0.1, 0.15) is 24.8 Å². The molecule has 2 fully saturated rings. The smallest absolute Gasteiger partial charge is 0.129 e. The molecule has 3 unspecified atom stereocenters. The van der Waals surface area contributed by atoms with Gasteiger partial charge in [-0.15, -0.1) is 0 Å². The highest BCUT2D eigenvalue weighted by Crippen LogP contribution is 2.55. The highest BCUT2D eigenvalue weighted by Gasteiger charge is 2.47. The lowest BCUT2D eigenvalue weighted by Gasteiger charge is -2.24. The molecule has 98 valence electrons. The van der Waals surface area contributed by atoms with Gasteiger partial charge in [-0.3, -0.25) is 0 Å². The van der Waals surface area contributed by atoms with E-state index in [2.05, 4.69) is 5.32 Å². The molecule has 0 aromatic heterocycles. The van der Waals surface area contributed by atoms with Crippen molar-refractivity contribution in [2.75, 3.05) is 7.05 Å². The van der Waals surface area contributed by atoms with Crippen LogP contribution in [-0.2, 0) is 6.42 Å². The number of hydrogen-bond donors (Lipinski definition) is 1. The molecule has 0 spiro atoms. The molecule has 0 saturated heterocycles. The van der Waals surface area contributed by atoms with E-state index in [0.29, 0.717) is 23.9 Å². The Balaban J connectivity index is 1.69. The summed E-state index contributed by atoms with van der Waals surface area (Å²) in [5.41, 5.74) is 0.622. The van der Waals surface area contributed by atoms with E-state index in [9.17, 15) is 8.78 Å². The Bertz CT molecular complexity index is 436. The van der Waals surface area contributed by atoms with E-state index in [0.717, 1.165) is 17.9 Å². The number of benzene rings is 1. The Kier molecular flexibility index (Phi) is 3.10. The van der Waals surface area contributed by atoms with Gasteiger partial charge in [-0.05, 0) is 62.1 Å². The summed E-state index contributed by atoms with van der Waals surface area (Å²) in [6.45, 7) is 0. The van der Waals surface area contributed by atoms with E-state index in [1.165, 1.54) is 25.3 Å². The second-order valence-corrected chi connectivity index (χ2v) is 5.82. The molecule has 1 aromatic carbocycles. The van der Waals surface area contributed by atoms with Crippen LogP contribution in [0.4, 0.5) is 8.78 Å². The molecule has 2 aliphatic carbocycles. The van der Waals surface area contributed by atoms with Gasteiger partial charge < -0.3 is 5.32 Å². The van der Waals surface area contributed by atoms with Crippen molar-refractivity contribution in [3.05, 3.63) is 35.4 Å². The van der Waals surface area contributed by atoms with Crippen LogP contribution in [0, 0.1) is 29.4 Å². The van der Waals surface area contributed by atoms with Gasteiger partial charge in [0, 0.05) is 12.1 Å². The Morgan fingerprint density at radius 3 is 2.56 bits per heavy atom. The van der Waals surface area contributed by atoms with Crippen molar-refractivity contribution in [1.29, 1.82) is 0 Å². The average molecular weight is 251 g/mol. The summed E-state index contributed by atoms with van der Waals surface area (Å²) in [4.78, 5) is 0. The molecule has 1 N–H and O–H groups in total. The van der Waals surface area contributed by atoms with Crippen molar-refractivity contribution in [2.24, 2.45) is 17.8 Å². The fourth-order valence-corrected chi connectivity index (χ4v) is 3.52. The van der Waals surface area contributed by atoms with E-state index in [1.807, 2.05) is 7.05 Å². The maximum Gasteiger partial charge on any atom is 0.129 e. The van der Waals surface area contributed by atoms with Crippen molar-refractivity contribution in [3.8, 4) is 0 Å². The molecule has 3 rings (SSSR count). The summed E-state index contributed by atoms with van der Waals surface area (Å²) in [6.07, 6.45) is 4.61. The van der Waals surface area contributed by atoms with Crippen LogP contribution in [0.3, 0.4) is 0 Å².